The van der Waals surface area contributed by atoms with Gasteiger partial charge in [0.25, 0.3) is 0 Å². The molecular formula is C23H27N3O2S. The van der Waals surface area contributed by atoms with Gasteiger partial charge in [-0.2, -0.15) is 11.8 Å². The van der Waals surface area contributed by atoms with E-state index in [0.717, 1.165) is 42.0 Å². The highest BCUT2D eigenvalue weighted by Crippen LogP contribution is 2.29. The van der Waals surface area contributed by atoms with Crippen LogP contribution in [0.15, 0.2) is 48.7 Å². The molecule has 152 valence electrons. The SMILES string of the molecule is NC(=O)c1ccc2[nH]cc(CSCCN3CCC(c4ccc(O)cc4)CC3)c2c1. The van der Waals surface area contributed by atoms with Crippen molar-refractivity contribution < 1.29 is 9.90 Å². The summed E-state index contributed by atoms with van der Waals surface area (Å²) in [6, 6.07) is 13.2. The molecular weight excluding hydrogens is 382 g/mol. The van der Waals surface area contributed by atoms with Crippen LogP contribution in [0.25, 0.3) is 10.9 Å². The molecule has 4 N–H and O–H groups in total. The number of H-pyrrole nitrogens is 1. The van der Waals surface area contributed by atoms with Crippen molar-refractivity contribution in [2.75, 3.05) is 25.4 Å². The number of carbonyl (C=O) groups is 1. The topological polar surface area (TPSA) is 82.4 Å². The van der Waals surface area contributed by atoms with Gasteiger partial charge in [-0.3, -0.25) is 4.79 Å². The van der Waals surface area contributed by atoms with Crippen LogP contribution in [0.2, 0.25) is 0 Å². The van der Waals surface area contributed by atoms with E-state index in [1.54, 1.807) is 18.2 Å². The maximum Gasteiger partial charge on any atom is 0.248 e. The largest absolute Gasteiger partial charge is 0.508 e. The van der Waals surface area contributed by atoms with Crippen molar-refractivity contribution in [3.05, 3.63) is 65.4 Å². The first-order valence-electron chi connectivity index (χ1n) is 10.1. The molecule has 1 amide bonds. The van der Waals surface area contributed by atoms with E-state index < -0.39 is 0 Å². The first-order valence-corrected chi connectivity index (χ1v) is 11.2. The molecule has 0 atom stereocenters. The third-order valence-corrected chi connectivity index (χ3v) is 6.80. The fourth-order valence-electron chi connectivity index (χ4n) is 4.06. The monoisotopic (exact) mass is 409 g/mol. The number of benzene rings is 2. The second-order valence-electron chi connectivity index (χ2n) is 7.70. The molecule has 0 radical (unpaired) electrons. The highest BCUT2D eigenvalue weighted by molar-refractivity contribution is 7.98. The van der Waals surface area contributed by atoms with E-state index in [4.69, 9.17) is 5.73 Å². The van der Waals surface area contributed by atoms with Crippen LogP contribution in [-0.2, 0) is 5.75 Å². The summed E-state index contributed by atoms with van der Waals surface area (Å²) in [5.41, 5.74) is 9.57. The summed E-state index contributed by atoms with van der Waals surface area (Å²) in [5, 5.41) is 10.5. The molecule has 0 saturated carbocycles. The number of fused-ring (bicyclic) bond motifs is 1. The van der Waals surface area contributed by atoms with Gasteiger partial charge in [0, 0.05) is 40.7 Å². The lowest BCUT2D eigenvalue weighted by atomic mass is 9.89. The second-order valence-corrected chi connectivity index (χ2v) is 8.80. The van der Waals surface area contributed by atoms with Crippen molar-refractivity contribution in [2.45, 2.75) is 24.5 Å². The number of aromatic nitrogens is 1. The molecule has 1 saturated heterocycles. The average molecular weight is 410 g/mol. The smallest absolute Gasteiger partial charge is 0.248 e. The van der Waals surface area contributed by atoms with Crippen LogP contribution in [0.5, 0.6) is 5.75 Å². The molecule has 4 rings (SSSR count). The van der Waals surface area contributed by atoms with Crippen LogP contribution in [0.3, 0.4) is 0 Å². The Labute approximate surface area is 175 Å². The number of nitrogens with one attached hydrogen (secondary N) is 1. The van der Waals surface area contributed by atoms with Crippen molar-refractivity contribution in [3.8, 4) is 5.75 Å². The van der Waals surface area contributed by atoms with E-state index in [1.165, 1.54) is 24.0 Å². The number of nitrogens with two attached hydrogens (primary N) is 1. The van der Waals surface area contributed by atoms with Crippen LogP contribution in [0, 0.1) is 0 Å². The van der Waals surface area contributed by atoms with Crippen molar-refractivity contribution in [1.29, 1.82) is 0 Å². The zero-order chi connectivity index (χ0) is 20.2. The molecule has 1 aliphatic heterocycles. The number of rotatable bonds is 7. The number of likely N-dealkylation sites (tertiary alicyclic amines) is 1. The molecule has 2 aromatic carbocycles. The average Bonchev–Trinajstić information content (AvgIpc) is 3.14. The van der Waals surface area contributed by atoms with Gasteiger partial charge < -0.3 is 20.7 Å². The fourth-order valence-corrected chi connectivity index (χ4v) is 5.05. The van der Waals surface area contributed by atoms with Gasteiger partial charge in [-0.15, -0.1) is 0 Å². The molecule has 5 nitrogen and oxygen atoms in total. The minimum Gasteiger partial charge on any atom is -0.508 e. The molecule has 2 heterocycles. The number of phenols is 1. The Morgan fingerprint density at radius 3 is 2.66 bits per heavy atom. The molecule has 3 aromatic rings. The van der Waals surface area contributed by atoms with Gasteiger partial charge in [0.05, 0.1) is 0 Å². The van der Waals surface area contributed by atoms with Crippen molar-refractivity contribution in [1.82, 2.24) is 9.88 Å². The zero-order valence-corrected chi connectivity index (χ0v) is 17.3. The number of piperidine rings is 1. The molecule has 0 aliphatic carbocycles. The summed E-state index contributed by atoms with van der Waals surface area (Å²) >= 11 is 1.93. The summed E-state index contributed by atoms with van der Waals surface area (Å²) < 4.78 is 0. The second kappa shape index (κ2) is 8.93. The van der Waals surface area contributed by atoms with E-state index in [9.17, 15) is 9.90 Å². The summed E-state index contributed by atoms with van der Waals surface area (Å²) in [6.45, 7) is 3.35. The molecule has 1 aromatic heterocycles. The third-order valence-electron chi connectivity index (χ3n) is 5.81. The molecule has 0 bridgehead atoms. The van der Waals surface area contributed by atoms with E-state index in [-0.39, 0.29) is 5.91 Å². The number of aromatic amines is 1. The fraction of sp³-hybridized carbons (Fsp3) is 0.348. The first kappa shape index (κ1) is 19.9. The van der Waals surface area contributed by atoms with Crippen LogP contribution < -0.4 is 5.73 Å². The predicted molar refractivity (Wildman–Crippen MR) is 120 cm³/mol. The lowest BCUT2D eigenvalue weighted by molar-refractivity contribution is 0.100. The lowest BCUT2D eigenvalue weighted by Crippen LogP contribution is -2.34. The van der Waals surface area contributed by atoms with Crippen molar-refractivity contribution in [3.63, 3.8) is 0 Å². The Bertz CT molecular complexity index is 975. The number of nitrogens with zero attached hydrogens (tertiary/aromatic N) is 1. The Hall–Kier alpha value is -2.44. The maximum absolute atomic E-state index is 11.4. The number of phenolic OH excluding ortho intramolecular Hbond substituents is 1. The first-order chi connectivity index (χ1) is 14.1. The Kier molecular flexibility index (Phi) is 6.11. The summed E-state index contributed by atoms with van der Waals surface area (Å²) in [7, 11) is 0. The molecule has 0 unspecified atom stereocenters. The van der Waals surface area contributed by atoms with Gasteiger partial charge in [-0.05, 0) is 73.3 Å². The van der Waals surface area contributed by atoms with Crippen LogP contribution in [0.4, 0.5) is 0 Å². The van der Waals surface area contributed by atoms with Gasteiger partial charge in [0.1, 0.15) is 5.75 Å². The number of hydrogen-bond donors (Lipinski definition) is 3. The van der Waals surface area contributed by atoms with E-state index >= 15 is 0 Å². The lowest BCUT2D eigenvalue weighted by Gasteiger charge is -2.32. The summed E-state index contributed by atoms with van der Waals surface area (Å²) in [4.78, 5) is 17.3. The minimum atomic E-state index is -0.387. The minimum absolute atomic E-state index is 0.337. The highest BCUT2D eigenvalue weighted by Gasteiger charge is 2.20. The number of primary amides is 1. The summed E-state index contributed by atoms with van der Waals surface area (Å²) in [6.07, 6.45) is 4.38. The Balaban J connectivity index is 1.23. The number of hydrogen-bond acceptors (Lipinski definition) is 4. The van der Waals surface area contributed by atoms with E-state index in [1.807, 2.05) is 30.1 Å². The molecule has 1 aliphatic rings. The van der Waals surface area contributed by atoms with Gasteiger partial charge >= 0.3 is 0 Å². The number of amides is 1. The molecule has 6 heteroatoms. The molecule has 1 fully saturated rings. The van der Waals surface area contributed by atoms with Gasteiger partial charge in [0.15, 0.2) is 0 Å². The number of aromatic hydroxyl groups is 1. The van der Waals surface area contributed by atoms with E-state index in [2.05, 4.69) is 22.0 Å². The van der Waals surface area contributed by atoms with Crippen LogP contribution in [0.1, 0.15) is 40.2 Å². The number of carbonyl (C=O) groups excluding carboxylic acids is 1. The van der Waals surface area contributed by atoms with Crippen LogP contribution in [-0.4, -0.2) is 46.3 Å². The normalized spacial score (nSPS) is 15.7. The van der Waals surface area contributed by atoms with E-state index in [0.29, 0.717) is 17.2 Å². The Morgan fingerprint density at radius 1 is 1.17 bits per heavy atom. The number of thioether (sulfide) groups is 1. The van der Waals surface area contributed by atoms with Gasteiger partial charge in [0.2, 0.25) is 5.91 Å². The molecule has 29 heavy (non-hydrogen) atoms. The van der Waals surface area contributed by atoms with Crippen molar-refractivity contribution in [2.24, 2.45) is 5.73 Å². The van der Waals surface area contributed by atoms with Gasteiger partial charge in [-0.1, -0.05) is 12.1 Å². The maximum atomic E-state index is 11.4. The molecule has 0 spiro atoms. The van der Waals surface area contributed by atoms with Gasteiger partial charge in [-0.25, -0.2) is 0 Å². The quantitative estimate of drug-likeness (QED) is 0.514. The summed E-state index contributed by atoms with van der Waals surface area (Å²) in [5.74, 6) is 2.56. The predicted octanol–water partition coefficient (Wildman–Crippen LogP) is 4.09. The van der Waals surface area contributed by atoms with Crippen LogP contribution >= 0.6 is 11.8 Å². The third kappa shape index (κ3) is 4.77. The zero-order valence-electron chi connectivity index (χ0n) is 16.4. The van der Waals surface area contributed by atoms with Crippen molar-refractivity contribution >= 4 is 28.6 Å². The highest BCUT2D eigenvalue weighted by atomic mass is 32.2. The Morgan fingerprint density at radius 2 is 1.93 bits per heavy atom. The standard InChI is InChI=1S/C23H27N3O2S/c24-23(28)18-3-6-22-21(13-18)19(14-25-22)15-29-12-11-26-9-7-17(8-10-26)16-1-4-20(27)5-2-16/h1-6,13-14,17,25,27H,7-12,15H2,(H2,24,28).